The Hall–Kier alpha value is -2.27. The first-order chi connectivity index (χ1) is 11.9. The molecular weight excluding hydrogens is 387 g/mol. The predicted molar refractivity (Wildman–Crippen MR) is 100.0 cm³/mol. The van der Waals surface area contributed by atoms with Gasteiger partial charge in [-0.1, -0.05) is 34.8 Å². The van der Waals surface area contributed by atoms with Crippen molar-refractivity contribution in [3.8, 4) is 0 Å². The standard InChI is InChI=1S/C9H4Cl2O2.C9H5ClO2/c10-6-3-5-1-2-8(12)13-9(5)7(11)4-6;10-7-2-3-8-6(5-7)1-4-9(11)12-8/h1-4H;1-5H. The van der Waals surface area contributed by atoms with Gasteiger partial charge in [0.2, 0.25) is 0 Å². The molecule has 2 heterocycles. The minimum Gasteiger partial charge on any atom is -0.423 e. The Balaban J connectivity index is 0.000000146. The molecule has 0 unspecified atom stereocenters. The summed E-state index contributed by atoms with van der Waals surface area (Å²) in [6.07, 6.45) is 0. The van der Waals surface area contributed by atoms with E-state index in [9.17, 15) is 9.59 Å². The first-order valence-electron chi connectivity index (χ1n) is 7.01. The summed E-state index contributed by atoms with van der Waals surface area (Å²) in [5.41, 5.74) is 0.173. The van der Waals surface area contributed by atoms with Crippen molar-refractivity contribution in [2.45, 2.75) is 0 Å². The third kappa shape index (κ3) is 4.23. The largest absolute Gasteiger partial charge is 0.423 e. The highest BCUT2D eigenvalue weighted by molar-refractivity contribution is 6.38. The summed E-state index contributed by atoms with van der Waals surface area (Å²) in [6.45, 7) is 0. The molecule has 0 amide bonds. The fourth-order valence-corrected chi connectivity index (χ4v) is 2.88. The molecule has 0 bridgehead atoms. The zero-order valence-corrected chi connectivity index (χ0v) is 14.7. The molecule has 0 atom stereocenters. The molecule has 0 fully saturated rings. The summed E-state index contributed by atoms with van der Waals surface area (Å²) in [7, 11) is 0. The summed E-state index contributed by atoms with van der Waals surface area (Å²) >= 11 is 17.3. The summed E-state index contributed by atoms with van der Waals surface area (Å²) in [5.74, 6) is 0. The molecule has 0 spiro atoms. The van der Waals surface area contributed by atoms with Crippen LogP contribution in [0.2, 0.25) is 15.1 Å². The lowest BCUT2D eigenvalue weighted by Gasteiger charge is -1.98. The van der Waals surface area contributed by atoms with Gasteiger partial charge in [-0.3, -0.25) is 0 Å². The van der Waals surface area contributed by atoms with Gasteiger partial charge in [0.05, 0.1) is 5.02 Å². The van der Waals surface area contributed by atoms with Crippen LogP contribution in [0.3, 0.4) is 0 Å². The maximum absolute atomic E-state index is 10.9. The molecule has 0 saturated carbocycles. The fraction of sp³-hybridized carbons (Fsp3) is 0. The summed E-state index contributed by atoms with van der Waals surface area (Å²) < 4.78 is 9.80. The van der Waals surface area contributed by atoms with Gasteiger partial charge in [0.25, 0.3) is 0 Å². The van der Waals surface area contributed by atoms with E-state index in [2.05, 4.69) is 0 Å². The van der Waals surface area contributed by atoms with E-state index < -0.39 is 5.63 Å². The van der Waals surface area contributed by atoms with Crippen LogP contribution in [0, 0.1) is 0 Å². The predicted octanol–water partition coefficient (Wildman–Crippen LogP) is 5.55. The van der Waals surface area contributed by atoms with Gasteiger partial charge in [-0.25, -0.2) is 9.59 Å². The van der Waals surface area contributed by atoms with Crippen molar-refractivity contribution in [1.82, 2.24) is 0 Å². The number of halogens is 3. The quantitative estimate of drug-likeness (QED) is 0.366. The summed E-state index contributed by atoms with van der Waals surface area (Å²) in [5, 5.41) is 3.06. The van der Waals surface area contributed by atoms with Crippen molar-refractivity contribution in [3.05, 3.63) is 90.5 Å². The molecule has 0 radical (unpaired) electrons. The molecule has 126 valence electrons. The van der Waals surface area contributed by atoms with Crippen molar-refractivity contribution in [2.75, 3.05) is 0 Å². The smallest absolute Gasteiger partial charge is 0.336 e. The Morgan fingerprint density at radius 3 is 2.04 bits per heavy atom. The Morgan fingerprint density at radius 1 is 0.640 bits per heavy atom. The number of fused-ring (bicyclic) bond motifs is 2. The highest BCUT2D eigenvalue weighted by Gasteiger charge is 2.03. The molecular formula is C18H9Cl3O4. The molecule has 7 heteroatoms. The van der Waals surface area contributed by atoms with Crippen molar-refractivity contribution < 1.29 is 8.83 Å². The minimum absolute atomic E-state index is 0.343. The van der Waals surface area contributed by atoms with E-state index in [0.717, 1.165) is 10.8 Å². The van der Waals surface area contributed by atoms with Gasteiger partial charge in [0.1, 0.15) is 5.58 Å². The monoisotopic (exact) mass is 394 g/mol. The lowest BCUT2D eigenvalue weighted by Crippen LogP contribution is -1.94. The molecule has 0 saturated heterocycles. The number of hydrogen-bond acceptors (Lipinski definition) is 4. The zero-order chi connectivity index (χ0) is 18.0. The molecule has 2 aromatic heterocycles. The Kier molecular flexibility index (Phi) is 5.13. The number of hydrogen-bond donors (Lipinski definition) is 0. The lowest BCUT2D eigenvalue weighted by molar-refractivity contribution is 0.561. The highest BCUT2D eigenvalue weighted by atomic mass is 35.5. The summed E-state index contributed by atoms with van der Waals surface area (Å²) in [4.78, 5) is 21.6. The van der Waals surface area contributed by atoms with E-state index in [1.807, 2.05) is 0 Å². The van der Waals surface area contributed by atoms with E-state index in [1.54, 1.807) is 36.4 Å². The second kappa shape index (κ2) is 7.31. The van der Waals surface area contributed by atoms with Crippen LogP contribution >= 0.6 is 34.8 Å². The first-order valence-corrected chi connectivity index (χ1v) is 8.14. The maximum atomic E-state index is 10.9. The van der Waals surface area contributed by atoms with Gasteiger partial charge in [-0.2, -0.15) is 0 Å². The second-order valence-electron chi connectivity index (χ2n) is 5.00. The Labute approximate surface area is 156 Å². The average molecular weight is 396 g/mol. The molecule has 25 heavy (non-hydrogen) atoms. The van der Waals surface area contributed by atoms with Crippen LogP contribution in [0.1, 0.15) is 0 Å². The second-order valence-corrected chi connectivity index (χ2v) is 6.28. The van der Waals surface area contributed by atoms with Gasteiger partial charge in [-0.15, -0.1) is 0 Å². The van der Waals surface area contributed by atoms with Crippen LogP contribution in [-0.4, -0.2) is 0 Å². The number of benzene rings is 2. The van der Waals surface area contributed by atoms with E-state index in [-0.39, 0.29) is 5.63 Å². The van der Waals surface area contributed by atoms with E-state index >= 15 is 0 Å². The van der Waals surface area contributed by atoms with Crippen LogP contribution in [0.15, 0.2) is 73.0 Å². The normalized spacial score (nSPS) is 10.5. The van der Waals surface area contributed by atoms with Gasteiger partial charge in [0, 0.05) is 33.0 Å². The molecule has 0 aliphatic carbocycles. The van der Waals surface area contributed by atoms with E-state index in [1.165, 1.54) is 18.2 Å². The lowest BCUT2D eigenvalue weighted by atomic mass is 10.2. The first kappa shape index (κ1) is 17.5. The minimum atomic E-state index is -0.420. The maximum Gasteiger partial charge on any atom is 0.336 e. The topological polar surface area (TPSA) is 60.4 Å². The van der Waals surface area contributed by atoms with E-state index in [4.69, 9.17) is 43.6 Å². The molecule has 4 rings (SSSR count). The molecule has 0 aliphatic rings. The third-order valence-electron chi connectivity index (χ3n) is 3.22. The molecule has 4 nitrogen and oxygen atoms in total. The molecule has 0 aliphatic heterocycles. The van der Waals surface area contributed by atoms with Gasteiger partial charge < -0.3 is 8.83 Å². The van der Waals surface area contributed by atoms with Crippen LogP contribution in [0.25, 0.3) is 21.9 Å². The van der Waals surface area contributed by atoms with Crippen molar-refractivity contribution in [1.29, 1.82) is 0 Å². The van der Waals surface area contributed by atoms with Crippen LogP contribution < -0.4 is 11.3 Å². The highest BCUT2D eigenvalue weighted by Crippen LogP contribution is 2.26. The van der Waals surface area contributed by atoms with Gasteiger partial charge in [0.15, 0.2) is 5.58 Å². The zero-order valence-electron chi connectivity index (χ0n) is 12.5. The van der Waals surface area contributed by atoms with Gasteiger partial charge in [-0.05, 0) is 42.5 Å². The van der Waals surface area contributed by atoms with Gasteiger partial charge >= 0.3 is 11.3 Å². The van der Waals surface area contributed by atoms with Crippen molar-refractivity contribution in [3.63, 3.8) is 0 Å². The Morgan fingerprint density at radius 2 is 1.28 bits per heavy atom. The van der Waals surface area contributed by atoms with Crippen molar-refractivity contribution >= 4 is 56.7 Å². The SMILES string of the molecule is O=c1ccc2cc(Cl)cc(Cl)c2o1.O=c1ccc2cc(Cl)ccc2o1. The number of rotatable bonds is 0. The van der Waals surface area contributed by atoms with Crippen LogP contribution in [0.4, 0.5) is 0 Å². The molecule has 2 aromatic carbocycles. The average Bonchev–Trinajstić information content (AvgIpc) is 2.56. The summed E-state index contributed by atoms with van der Waals surface area (Å²) in [6, 6.07) is 14.4. The van der Waals surface area contributed by atoms with Crippen LogP contribution in [0.5, 0.6) is 0 Å². The molecule has 4 aromatic rings. The molecule has 0 N–H and O–H groups in total. The van der Waals surface area contributed by atoms with Crippen LogP contribution in [-0.2, 0) is 0 Å². The fourth-order valence-electron chi connectivity index (χ4n) is 2.15. The van der Waals surface area contributed by atoms with E-state index in [0.29, 0.717) is 26.2 Å². The Bertz CT molecular complexity index is 1180. The third-order valence-corrected chi connectivity index (χ3v) is 3.95. The van der Waals surface area contributed by atoms with Crippen molar-refractivity contribution in [2.24, 2.45) is 0 Å².